The van der Waals surface area contributed by atoms with Gasteiger partial charge in [-0.25, -0.2) is 4.98 Å². The largest absolute Gasteiger partial charge is 0.291 e. The fraction of sp³-hybridized carbons (Fsp3) is 0.150. The second kappa shape index (κ2) is 8.04. The van der Waals surface area contributed by atoms with Gasteiger partial charge in [0, 0.05) is 25.8 Å². The molecule has 0 spiro atoms. The molecule has 0 radical (unpaired) electrons. The molecule has 0 bridgehead atoms. The third-order valence-corrected chi connectivity index (χ3v) is 4.16. The third kappa shape index (κ3) is 5.02. The third-order valence-electron chi connectivity index (χ3n) is 3.69. The molecule has 23 heavy (non-hydrogen) atoms. The molecule has 3 aromatic rings. The van der Waals surface area contributed by atoms with Crippen LogP contribution in [0.15, 0.2) is 83.6 Å². The summed E-state index contributed by atoms with van der Waals surface area (Å²) in [5.41, 5.74) is 3.88. The van der Waals surface area contributed by atoms with Crippen LogP contribution in [0, 0.1) is 0 Å². The zero-order chi connectivity index (χ0) is 15.9. The Balaban J connectivity index is 1.76. The molecule has 0 amide bonds. The predicted octanol–water partition coefficient (Wildman–Crippen LogP) is 5.05. The summed E-state index contributed by atoms with van der Waals surface area (Å²) in [7, 11) is 0. The highest BCUT2D eigenvalue weighted by atomic mass is 79.9. The average Bonchev–Trinajstić information content (AvgIpc) is 2.59. The fourth-order valence-electron chi connectivity index (χ4n) is 2.61. The SMILES string of the molecule is Brc1ccc(CN(Cc2ccccc2)Cc2ccccc2)cn1. The number of halogens is 1. The maximum atomic E-state index is 4.34. The Bertz CT molecular complexity index is 670. The van der Waals surface area contributed by atoms with Crippen LogP contribution in [0.2, 0.25) is 0 Å². The van der Waals surface area contributed by atoms with E-state index in [-0.39, 0.29) is 0 Å². The van der Waals surface area contributed by atoms with Crippen molar-refractivity contribution >= 4 is 15.9 Å². The first kappa shape index (κ1) is 15.9. The van der Waals surface area contributed by atoms with E-state index in [4.69, 9.17) is 0 Å². The second-order valence-electron chi connectivity index (χ2n) is 5.61. The van der Waals surface area contributed by atoms with Gasteiger partial charge in [0.05, 0.1) is 0 Å². The molecular weight excluding hydrogens is 348 g/mol. The minimum Gasteiger partial charge on any atom is -0.291 e. The molecule has 116 valence electrons. The standard InChI is InChI=1S/C20H19BrN2/c21-20-12-11-19(13-22-20)16-23(14-17-7-3-1-4-8-17)15-18-9-5-2-6-10-18/h1-13H,14-16H2. The van der Waals surface area contributed by atoms with Crippen LogP contribution in [0.3, 0.4) is 0 Å². The molecule has 1 heterocycles. The van der Waals surface area contributed by atoms with Crippen molar-refractivity contribution in [3.8, 4) is 0 Å². The van der Waals surface area contributed by atoms with Crippen LogP contribution in [0.1, 0.15) is 16.7 Å². The first-order chi connectivity index (χ1) is 11.3. The van der Waals surface area contributed by atoms with Crippen molar-refractivity contribution in [3.63, 3.8) is 0 Å². The highest BCUT2D eigenvalue weighted by molar-refractivity contribution is 9.10. The van der Waals surface area contributed by atoms with E-state index in [1.807, 2.05) is 12.3 Å². The number of hydrogen-bond donors (Lipinski definition) is 0. The Morgan fingerprint density at radius 2 is 1.17 bits per heavy atom. The molecule has 0 aliphatic heterocycles. The van der Waals surface area contributed by atoms with Crippen molar-refractivity contribution in [2.75, 3.05) is 0 Å². The van der Waals surface area contributed by atoms with Crippen LogP contribution in [-0.4, -0.2) is 9.88 Å². The topological polar surface area (TPSA) is 16.1 Å². The molecule has 0 N–H and O–H groups in total. The van der Waals surface area contributed by atoms with E-state index in [0.717, 1.165) is 24.2 Å². The maximum Gasteiger partial charge on any atom is 0.106 e. The summed E-state index contributed by atoms with van der Waals surface area (Å²) in [6, 6.07) is 25.3. The number of hydrogen-bond acceptors (Lipinski definition) is 2. The van der Waals surface area contributed by atoms with Crippen LogP contribution in [0.5, 0.6) is 0 Å². The molecule has 1 aromatic heterocycles. The summed E-state index contributed by atoms with van der Waals surface area (Å²) < 4.78 is 0.874. The quantitative estimate of drug-likeness (QED) is 0.567. The number of rotatable bonds is 6. The van der Waals surface area contributed by atoms with E-state index in [9.17, 15) is 0 Å². The molecule has 0 aliphatic rings. The van der Waals surface area contributed by atoms with E-state index >= 15 is 0 Å². The molecule has 3 heteroatoms. The Kier molecular flexibility index (Phi) is 5.56. The van der Waals surface area contributed by atoms with Gasteiger partial charge in [-0.3, -0.25) is 4.90 Å². The molecule has 3 rings (SSSR count). The normalized spacial score (nSPS) is 10.9. The summed E-state index contributed by atoms with van der Waals surface area (Å²) in [4.78, 5) is 6.78. The van der Waals surface area contributed by atoms with Gasteiger partial charge in [0.1, 0.15) is 4.60 Å². The van der Waals surface area contributed by atoms with Crippen molar-refractivity contribution in [2.45, 2.75) is 19.6 Å². The van der Waals surface area contributed by atoms with Gasteiger partial charge in [-0.15, -0.1) is 0 Å². The lowest BCUT2D eigenvalue weighted by Crippen LogP contribution is -2.22. The molecule has 0 aliphatic carbocycles. The van der Waals surface area contributed by atoms with Gasteiger partial charge >= 0.3 is 0 Å². The van der Waals surface area contributed by atoms with Crippen molar-refractivity contribution in [2.24, 2.45) is 0 Å². The highest BCUT2D eigenvalue weighted by Gasteiger charge is 2.08. The molecule has 0 saturated carbocycles. The zero-order valence-electron chi connectivity index (χ0n) is 12.9. The molecule has 2 aromatic carbocycles. The lowest BCUT2D eigenvalue weighted by Gasteiger charge is -2.22. The Morgan fingerprint density at radius 1 is 0.652 bits per heavy atom. The maximum absolute atomic E-state index is 4.34. The number of aromatic nitrogens is 1. The van der Waals surface area contributed by atoms with Gasteiger partial charge < -0.3 is 0 Å². The van der Waals surface area contributed by atoms with E-state index < -0.39 is 0 Å². The van der Waals surface area contributed by atoms with E-state index in [2.05, 4.69) is 92.5 Å². The minimum absolute atomic E-state index is 0.874. The highest BCUT2D eigenvalue weighted by Crippen LogP contribution is 2.15. The van der Waals surface area contributed by atoms with Crippen LogP contribution in [0.25, 0.3) is 0 Å². The molecule has 0 unspecified atom stereocenters. The van der Waals surface area contributed by atoms with Gasteiger partial charge in [0.2, 0.25) is 0 Å². The fourth-order valence-corrected chi connectivity index (χ4v) is 2.84. The van der Waals surface area contributed by atoms with Gasteiger partial charge in [-0.1, -0.05) is 66.7 Å². The first-order valence-corrected chi connectivity index (χ1v) is 8.49. The van der Waals surface area contributed by atoms with Crippen LogP contribution >= 0.6 is 15.9 Å². The van der Waals surface area contributed by atoms with Gasteiger partial charge in [0.25, 0.3) is 0 Å². The average molecular weight is 367 g/mol. The molecule has 0 atom stereocenters. The van der Waals surface area contributed by atoms with Crippen LogP contribution in [0.4, 0.5) is 0 Å². The van der Waals surface area contributed by atoms with Crippen LogP contribution < -0.4 is 0 Å². The van der Waals surface area contributed by atoms with Crippen molar-refractivity contribution in [1.29, 1.82) is 0 Å². The Hall–Kier alpha value is -1.97. The summed E-state index contributed by atoms with van der Waals surface area (Å²) in [6.45, 7) is 2.72. The summed E-state index contributed by atoms with van der Waals surface area (Å²) in [5.74, 6) is 0. The number of nitrogens with zero attached hydrogens (tertiary/aromatic N) is 2. The monoisotopic (exact) mass is 366 g/mol. The van der Waals surface area contributed by atoms with Gasteiger partial charge in [0.15, 0.2) is 0 Å². The molecular formula is C20H19BrN2. The summed E-state index contributed by atoms with van der Waals surface area (Å²) in [5, 5.41) is 0. The molecule has 0 saturated heterocycles. The van der Waals surface area contributed by atoms with E-state index in [0.29, 0.717) is 0 Å². The number of pyridine rings is 1. The van der Waals surface area contributed by atoms with Crippen molar-refractivity contribution in [1.82, 2.24) is 9.88 Å². The van der Waals surface area contributed by atoms with Gasteiger partial charge in [-0.05, 0) is 38.7 Å². The first-order valence-electron chi connectivity index (χ1n) is 7.70. The summed E-state index contributed by atoms with van der Waals surface area (Å²) >= 11 is 3.39. The minimum atomic E-state index is 0.874. The number of benzene rings is 2. The summed E-state index contributed by atoms with van der Waals surface area (Å²) in [6.07, 6.45) is 1.94. The molecule has 0 fully saturated rings. The van der Waals surface area contributed by atoms with E-state index in [1.165, 1.54) is 16.7 Å². The predicted molar refractivity (Wildman–Crippen MR) is 97.8 cm³/mol. The lowest BCUT2D eigenvalue weighted by molar-refractivity contribution is 0.247. The Morgan fingerprint density at radius 3 is 1.65 bits per heavy atom. The van der Waals surface area contributed by atoms with Crippen LogP contribution in [-0.2, 0) is 19.6 Å². The lowest BCUT2D eigenvalue weighted by atomic mass is 10.1. The Labute approximate surface area is 145 Å². The smallest absolute Gasteiger partial charge is 0.106 e. The van der Waals surface area contributed by atoms with E-state index in [1.54, 1.807) is 0 Å². The van der Waals surface area contributed by atoms with Crippen molar-refractivity contribution in [3.05, 3.63) is 100 Å². The second-order valence-corrected chi connectivity index (χ2v) is 6.42. The van der Waals surface area contributed by atoms with Gasteiger partial charge in [-0.2, -0.15) is 0 Å². The molecule has 2 nitrogen and oxygen atoms in total. The van der Waals surface area contributed by atoms with Crippen molar-refractivity contribution < 1.29 is 0 Å². The zero-order valence-corrected chi connectivity index (χ0v) is 14.5.